The molecule has 0 atom stereocenters. The van der Waals surface area contributed by atoms with Crippen LogP contribution in [-0.4, -0.2) is 23.7 Å². The molecule has 0 saturated heterocycles. The Labute approximate surface area is 105 Å². The molecule has 1 aromatic rings. The molecule has 1 fully saturated rings. The van der Waals surface area contributed by atoms with Gasteiger partial charge in [-0.2, -0.15) is 0 Å². The summed E-state index contributed by atoms with van der Waals surface area (Å²) >= 11 is 0. The van der Waals surface area contributed by atoms with E-state index in [1.807, 2.05) is 6.92 Å². The first-order valence-corrected chi connectivity index (χ1v) is 6.02. The lowest BCUT2D eigenvalue weighted by molar-refractivity contribution is -0.383. The van der Waals surface area contributed by atoms with Gasteiger partial charge in [0.05, 0.1) is 11.0 Å². The van der Waals surface area contributed by atoms with Crippen molar-refractivity contribution in [2.45, 2.75) is 31.9 Å². The Kier molecular flexibility index (Phi) is 3.66. The number of ether oxygens (including phenoxy) is 1. The molecule has 18 heavy (non-hydrogen) atoms. The van der Waals surface area contributed by atoms with Crippen molar-refractivity contribution in [3.8, 4) is 0 Å². The first kappa shape index (κ1) is 12.6. The van der Waals surface area contributed by atoms with Crippen LogP contribution in [0.3, 0.4) is 0 Å². The maximum Gasteiger partial charge on any atom is 0.314 e. The zero-order valence-electron chi connectivity index (χ0n) is 10.3. The van der Waals surface area contributed by atoms with E-state index in [-0.39, 0.29) is 23.5 Å². The Morgan fingerprint density at radius 1 is 1.56 bits per heavy atom. The van der Waals surface area contributed by atoms with E-state index in [1.54, 1.807) is 12.1 Å². The van der Waals surface area contributed by atoms with Crippen LogP contribution in [0.25, 0.3) is 0 Å². The first-order valence-electron chi connectivity index (χ1n) is 6.02. The fourth-order valence-corrected chi connectivity index (χ4v) is 2.16. The first-order chi connectivity index (χ1) is 8.61. The maximum absolute atomic E-state index is 11.0. The van der Waals surface area contributed by atoms with Gasteiger partial charge in [-0.15, -0.1) is 0 Å². The number of para-hydroxylation sites is 1. The molecule has 0 amide bonds. The summed E-state index contributed by atoms with van der Waals surface area (Å²) in [6, 6.07) is 5.15. The summed E-state index contributed by atoms with van der Waals surface area (Å²) in [7, 11) is 0. The fourth-order valence-electron chi connectivity index (χ4n) is 2.16. The van der Waals surface area contributed by atoms with Gasteiger partial charge in [0.25, 0.3) is 0 Å². The predicted octanol–water partition coefficient (Wildman–Crippen LogP) is 2.16. The Bertz CT molecular complexity index is 444. The summed E-state index contributed by atoms with van der Waals surface area (Å²) in [5.74, 6) is 0. The van der Waals surface area contributed by atoms with E-state index in [2.05, 4.69) is 5.32 Å². The van der Waals surface area contributed by atoms with Gasteiger partial charge in [-0.1, -0.05) is 6.07 Å². The molecule has 0 unspecified atom stereocenters. The zero-order chi connectivity index (χ0) is 13.1. The molecular weight excluding hydrogens is 234 g/mol. The SMILES string of the molecule is CCOC1CC(Nc2cccc(N)c2[N+](=O)[O-])C1. The second kappa shape index (κ2) is 5.22. The number of nitrogens with zero attached hydrogens (tertiary/aromatic N) is 1. The third kappa shape index (κ3) is 2.53. The van der Waals surface area contributed by atoms with Crippen LogP contribution in [0, 0.1) is 10.1 Å². The summed E-state index contributed by atoms with van der Waals surface area (Å²) in [4.78, 5) is 10.5. The summed E-state index contributed by atoms with van der Waals surface area (Å²) in [5, 5.41) is 14.1. The van der Waals surface area contributed by atoms with Crippen LogP contribution in [0.2, 0.25) is 0 Å². The number of nitrogens with two attached hydrogens (primary N) is 1. The van der Waals surface area contributed by atoms with E-state index < -0.39 is 4.92 Å². The van der Waals surface area contributed by atoms with Crippen LogP contribution in [0.4, 0.5) is 17.1 Å². The Balaban J connectivity index is 2.02. The predicted molar refractivity (Wildman–Crippen MR) is 69.6 cm³/mol. The van der Waals surface area contributed by atoms with E-state index in [0.29, 0.717) is 12.3 Å². The van der Waals surface area contributed by atoms with Gasteiger partial charge in [0, 0.05) is 12.6 Å². The summed E-state index contributed by atoms with van der Waals surface area (Å²) in [6.07, 6.45) is 2.02. The van der Waals surface area contributed by atoms with Gasteiger partial charge in [0.1, 0.15) is 11.4 Å². The van der Waals surface area contributed by atoms with Crippen LogP contribution >= 0.6 is 0 Å². The average molecular weight is 251 g/mol. The highest BCUT2D eigenvalue weighted by atomic mass is 16.6. The molecule has 0 heterocycles. The molecule has 0 aliphatic heterocycles. The number of benzene rings is 1. The number of hydrogen-bond donors (Lipinski definition) is 2. The molecule has 0 radical (unpaired) electrons. The lowest BCUT2D eigenvalue weighted by Crippen LogP contribution is -2.40. The summed E-state index contributed by atoms with van der Waals surface area (Å²) < 4.78 is 5.45. The standard InChI is InChI=1S/C12H17N3O3/c1-2-18-9-6-8(7-9)14-11-5-3-4-10(13)12(11)15(16)17/h3-5,8-9,14H,2,6-7,13H2,1H3. The van der Waals surface area contributed by atoms with E-state index >= 15 is 0 Å². The molecule has 1 saturated carbocycles. The van der Waals surface area contributed by atoms with Crippen molar-refractivity contribution in [3.05, 3.63) is 28.3 Å². The van der Waals surface area contributed by atoms with Crippen LogP contribution in [0.5, 0.6) is 0 Å². The van der Waals surface area contributed by atoms with Gasteiger partial charge in [-0.05, 0) is 31.9 Å². The molecule has 3 N–H and O–H groups in total. The lowest BCUT2D eigenvalue weighted by atomic mass is 9.89. The zero-order valence-corrected chi connectivity index (χ0v) is 10.3. The number of anilines is 2. The van der Waals surface area contributed by atoms with Gasteiger partial charge in [0.15, 0.2) is 0 Å². The second-order valence-electron chi connectivity index (χ2n) is 4.39. The van der Waals surface area contributed by atoms with Crippen LogP contribution < -0.4 is 11.1 Å². The van der Waals surface area contributed by atoms with Gasteiger partial charge in [0.2, 0.25) is 0 Å². The van der Waals surface area contributed by atoms with Gasteiger partial charge in [-0.3, -0.25) is 10.1 Å². The van der Waals surface area contributed by atoms with Crippen molar-refractivity contribution in [2.24, 2.45) is 0 Å². The molecule has 2 rings (SSSR count). The molecule has 0 bridgehead atoms. The molecular formula is C12H17N3O3. The minimum atomic E-state index is -0.448. The van der Waals surface area contributed by atoms with E-state index in [1.165, 1.54) is 6.07 Å². The van der Waals surface area contributed by atoms with Crippen LogP contribution in [0.15, 0.2) is 18.2 Å². The number of rotatable bonds is 5. The molecule has 6 nitrogen and oxygen atoms in total. The van der Waals surface area contributed by atoms with Gasteiger partial charge >= 0.3 is 5.69 Å². The second-order valence-corrected chi connectivity index (χ2v) is 4.39. The number of hydrogen-bond acceptors (Lipinski definition) is 5. The number of nitrogen functional groups attached to an aromatic ring is 1. The van der Waals surface area contributed by atoms with Crippen molar-refractivity contribution in [2.75, 3.05) is 17.7 Å². The molecule has 1 aliphatic carbocycles. The Morgan fingerprint density at radius 2 is 2.28 bits per heavy atom. The minimum absolute atomic E-state index is 0.0441. The Morgan fingerprint density at radius 3 is 2.89 bits per heavy atom. The lowest BCUT2D eigenvalue weighted by Gasteiger charge is -2.35. The van der Waals surface area contributed by atoms with Crippen molar-refractivity contribution < 1.29 is 9.66 Å². The maximum atomic E-state index is 11.0. The number of nitro benzene ring substituents is 1. The number of nitrogens with one attached hydrogen (secondary N) is 1. The Hall–Kier alpha value is -1.82. The molecule has 98 valence electrons. The molecule has 1 aliphatic rings. The highest BCUT2D eigenvalue weighted by Crippen LogP contribution is 2.34. The average Bonchev–Trinajstić information content (AvgIpc) is 2.25. The number of nitro groups is 1. The van der Waals surface area contributed by atoms with Crippen molar-refractivity contribution >= 4 is 17.1 Å². The topological polar surface area (TPSA) is 90.4 Å². The smallest absolute Gasteiger partial charge is 0.314 e. The molecule has 0 aromatic heterocycles. The third-order valence-corrected chi connectivity index (χ3v) is 3.11. The summed E-state index contributed by atoms with van der Waals surface area (Å²) in [6.45, 7) is 2.67. The monoisotopic (exact) mass is 251 g/mol. The summed E-state index contributed by atoms with van der Waals surface area (Å²) in [5.41, 5.74) is 6.25. The largest absolute Gasteiger partial charge is 0.393 e. The highest BCUT2D eigenvalue weighted by molar-refractivity contribution is 5.74. The van der Waals surface area contributed by atoms with Crippen molar-refractivity contribution in [1.82, 2.24) is 0 Å². The highest BCUT2D eigenvalue weighted by Gasteiger charge is 2.31. The minimum Gasteiger partial charge on any atom is -0.393 e. The van der Waals surface area contributed by atoms with Crippen LogP contribution in [-0.2, 0) is 4.74 Å². The van der Waals surface area contributed by atoms with Gasteiger partial charge in [-0.25, -0.2) is 0 Å². The van der Waals surface area contributed by atoms with Crippen molar-refractivity contribution in [1.29, 1.82) is 0 Å². The third-order valence-electron chi connectivity index (χ3n) is 3.11. The normalized spacial score (nSPS) is 22.3. The van der Waals surface area contributed by atoms with E-state index in [0.717, 1.165) is 12.8 Å². The molecule has 0 spiro atoms. The molecule has 1 aromatic carbocycles. The van der Waals surface area contributed by atoms with Gasteiger partial charge < -0.3 is 15.8 Å². The fraction of sp³-hybridized carbons (Fsp3) is 0.500. The van der Waals surface area contributed by atoms with Crippen molar-refractivity contribution in [3.63, 3.8) is 0 Å². The molecule has 6 heteroatoms. The van der Waals surface area contributed by atoms with Crippen LogP contribution in [0.1, 0.15) is 19.8 Å². The van der Waals surface area contributed by atoms with E-state index in [4.69, 9.17) is 10.5 Å². The quantitative estimate of drug-likeness (QED) is 0.475. The van der Waals surface area contributed by atoms with E-state index in [9.17, 15) is 10.1 Å².